The lowest BCUT2D eigenvalue weighted by atomic mass is 9.82. The zero-order chi connectivity index (χ0) is 15.4. The van der Waals surface area contributed by atoms with Crippen molar-refractivity contribution >= 4 is 17.8 Å². The summed E-state index contributed by atoms with van der Waals surface area (Å²) in [5.74, 6) is -1.57. The lowest BCUT2D eigenvalue weighted by Crippen LogP contribution is -2.46. The van der Waals surface area contributed by atoms with E-state index in [1.807, 2.05) is 20.8 Å². The first kappa shape index (κ1) is 16.5. The monoisotopic (exact) mass is 284 g/mol. The van der Waals surface area contributed by atoms with E-state index in [-0.39, 0.29) is 30.3 Å². The highest BCUT2D eigenvalue weighted by Crippen LogP contribution is 2.41. The molecule has 0 radical (unpaired) electrons. The highest BCUT2D eigenvalue weighted by Gasteiger charge is 2.42. The molecule has 0 heterocycles. The van der Waals surface area contributed by atoms with Crippen LogP contribution < -0.4 is 10.6 Å². The van der Waals surface area contributed by atoms with Crippen molar-refractivity contribution in [1.82, 2.24) is 10.6 Å². The Morgan fingerprint density at radius 1 is 1.10 bits per heavy atom. The molecule has 1 saturated carbocycles. The van der Waals surface area contributed by atoms with Crippen LogP contribution in [0.25, 0.3) is 0 Å². The molecular formula is C14H24N2O4. The Labute approximate surface area is 119 Å². The molecule has 0 atom stereocenters. The standard InChI is InChI=1S/C14H24N2O4/c1-13(2,3)16-11(18)9-15-10(17)8-14(12(19)20)6-4-5-7-14/h4-9H2,1-3H3,(H,15,17)(H,16,18)(H,19,20). The second kappa shape index (κ2) is 6.24. The number of carboxylic acids is 1. The third-order valence-corrected chi connectivity index (χ3v) is 3.47. The van der Waals surface area contributed by atoms with Crippen LogP contribution in [0.5, 0.6) is 0 Å². The van der Waals surface area contributed by atoms with E-state index in [0.29, 0.717) is 12.8 Å². The van der Waals surface area contributed by atoms with Crippen molar-refractivity contribution < 1.29 is 19.5 Å². The predicted octanol–water partition coefficient (Wildman–Crippen LogP) is 1.05. The first-order valence-electron chi connectivity index (χ1n) is 6.96. The Kier molecular flexibility index (Phi) is 5.14. The van der Waals surface area contributed by atoms with Gasteiger partial charge in [0, 0.05) is 12.0 Å². The number of aliphatic carboxylic acids is 1. The molecule has 0 aromatic rings. The van der Waals surface area contributed by atoms with Crippen LogP contribution >= 0.6 is 0 Å². The maximum absolute atomic E-state index is 11.8. The molecule has 20 heavy (non-hydrogen) atoms. The van der Waals surface area contributed by atoms with Gasteiger partial charge in [-0.05, 0) is 33.6 Å². The minimum atomic E-state index is -0.940. The van der Waals surface area contributed by atoms with Gasteiger partial charge in [0.25, 0.3) is 0 Å². The predicted molar refractivity (Wildman–Crippen MR) is 74.1 cm³/mol. The number of carboxylic acid groups (broad SMARTS) is 1. The van der Waals surface area contributed by atoms with E-state index < -0.39 is 11.4 Å². The molecule has 3 N–H and O–H groups in total. The van der Waals surface area contributed by atoms with Gasteiger partial charge in [-0.25, -0.2) is 0 Å². The fourth-order valence-electron chi connectivity index (χ4n) is 2.53. The maximum atomic E-state index is 11.8. The number of nitrogens with one attached hydrogen (secondary N) is 2. The van der Waals surface area contributed by atoms with Crippen molar-refractivity contribution in [2.45, 2.75) is 58.4 Å². The van der Waals surface area contributed by atoms with Crippen molar-refractivity contribution in [3.8, 4) is 0 Å². The average molecular weight is 284 g/mol. The largest absolute Gasteiger partial charge is 0.481 e. The van der Waals surface area contributed by atoms with E-state index in [1.165, 1.54) is 0 Å². The Morgan fingerprint density at radius 2 is 1.65 bits per heavy atom. The summed E-state index contributed by atoms with van der Waals surface area (Å²) in [6.07, 6.45) is 2.69. The van der Waals surface area contributed by atoms with Crippen molar-refractivity contribution in [2.75, 3.05) is 6.54 Å². The Hall–Kier alpha value is -1.59. The molecule has 0 spiro atoms. The summed E-state index contributed by atoms with van der Waals surface area (Å²) in [4.78, 5) is 34.7. The quantitative estimate of drug-likeness (QED) is 0.703. The van der Waals surface area contributed by atoms with Gasteiger partial charge in [0.15, 0.2) is 0 Å². The molecule has 1 aliphatic carbocycles. The van der Waals surface area contributed by atoms with Crippen LogP contribution in [-0.2, 0) is 14.4 Å². The molecule has 1 aliphatic rings. The molecule has 0 aromatic heterocycles. The Balaban J connectivity index is 2.44. The molecule has 6 heteroatoms. The summed E-state index contributed by atoms with van der Waals surface area (Å²) < 4.78 is 0. The highest BCUT2D eigenvalue weighted by molar-refractivity contribution is 5.88. The molecular weight excluding hydrogens is 260 g/mol. The average Bonchev–Trinajstić information content (AvgIpc) is 2.74. The van der Waals surface area contributed by atoms with Gasteiger partial charge in [-0.15, -0.1) is 0 Å². The van der Waals surface area contributed by atoms with Crippen LogP contribution in [-0.4, -0.2) is 35.0 Å². The molecule has 0 bridgehead atoms. The summed E-state index contributed by atoms with van der Waals surface area (Å²) >= 11 is 0. The van der Waals surface area contributed by atoms with Gasteiger partial charge in [0.2, 0.25) is 11.8 Å². The lowest BCUT2D eigenvalue weighted by molar-refractivity contribution is -0.151. The third-order valence-electron chi connectivity index (χ3n) is 3.47. The molecule has 6 nitrogen and oxygen atoms in total. The molecule has 0 aromatic carbocycles. The van der Waals surface area contributed by atoms with Crippen molar-refractivity contribution in [1.29, 1.82) is 0 Å². The van der Waals surface area contributed by atoms with Gasteiger partial charge in [-0.3, -0.25) is 14.4 Å². The fourth-order valence-corrected chi connectivity index (χ4v) is 2.53. The third kappa shape index (κ3) is 4.83. The first-order chi connectivity index (χ1) is 9.15. The fraction of sp³-hybridized carbons (Fsp3) is 0.786. The molecule has 1 fully saturated rings. The van der Waals surface area contributed by atoms with E-state index in [1.54, 1.807) is 0 Å². The normalized spacial score (nSPS) is 17.6. The van der Waals surface area contributed by atoms with Gasteiger partial charge in [-0.2, -0.15) is 0 Å². The zero-order valence-corrected chi connectivity index (χ0v) is 12.4. The van der Waals surface area contributed by atoms with Crippen LogP contribution in [0.1, 0.15) is 52.9 Å². The number of carbonyl (C=O) groups excluding carboxylic acids is 2. The zero-order valence-electron chi connectivity index (χ0n) is 12.4. The van der Waals surface area contributed by atoms with Crippen molar-refractivity contribution in [3.05, 3.63) is 0 Å². The van der Waals surface area contributed by atoms with Crippen LogP contribution in [0.4, 0.5) is 0 Å². The summed E-state index contributed by atoms with van der Waals surface area (Å²) in [7, 11) is 0. The van der Waals surface area contributed by atoms with Crippen LogP contribution in [0.2, 0.25) is 0 Å². The number of hydrogen-bond donors (Lipinski definition) is 3. The summed E-state index contributed by atoms with van der Waals surface area (Å²) in [6, 6.07) is 0. The lowest BCUT2D eigenvalue weighted by Gasteiger charge is -2.23. The minimum Gasteiger partial charge on any atom is -0.481 e. The molecule has 114 valence electrons. The molecule has 0 aliphatic heterocycles. The SMILES string of the molecule is CC(C)(C)NC(=O)CNC(=O)CC1(C(=O)O)CCCC1. The maximum Gasteiger partial charge on any atom is 0.310 e. The highest BCUT2D eigenvalue weighted by atomic mass is 16.4. The topological polar surface area (TPSA) is 95.5 Å². The van der Waals surface area contributed by atoms with Gasteiger partial charge < -0.3 is 15.7 Å². The van der Waals surface area contributed by atoms with E-state index in [2.05, 4.69) is 10.6 Å². The number of carbonyl (C=O) groups is 3. The molecule has 0 unspecified atom stereocenters. The number of amides is 2. The molecule has 2 amide bonds. The van der Waals surface area contributed by atoms with E-state index in [9.17, 15) is 19.5 Å². The van der Waals surface area contributed by atoms with Crippen LogP contribution in [0, 0.1) is 5.41 Å². The van der Waals surface area contributed by atoms with Gasteiger partial charge >= 0.3 is 5.97 Å². The van der Waals surface area contributed by atoms with Crippen molar-refractivity contribution in [2.24, 2.45) is 5.41 Å². The second-order valence-corrected chi connectivity index (χ2v) is 6.54. The molecule has 0 saturated heterocycles. The first-order valence-corrected chi connectivity index (χ1v) is 6.96. The van der Waals surface area contributed by atoms with Gasteiger partial charge in [0.05, 0.1) is 12.0 Å². The van der Waals surface area contributed by atoms with Gasteiger partial charge in [0.1, 0.15) is 0 Å². The van der Waals surface area contributed by atoms with E-state index in [0.717, 1.165) is 12.8 Å². The van der Waals surface area contributed by atoms with E-state index in [4.69, 9.17) is 0 Å². The van der Waals surface area contributed by atoms with Gasteiger partial charge in [-0.1, -0.05) is 12.8 Å². The Morgan fingerprint density at radius 3 is 2.10 bits per heavy atom. The smallest absolute Gasteiger partial charge is 0.310 e. The summed E-state index contributed by atoms with van der Waals surface area (Å²) in [5, 5.41) is 14.5. The van der Waals surface area contributed by atoms with Crippen LogP contribution in [0.3, 0.4) is 0 Å². The summed E-state index contributed by atoms with van der Waals surface area (Å²) in [6.45, 7) is 5.44. The number of rotatable bonds is 5. The second-order valence-electron chi connectivity index (χ2n) is 6.54. The van der Waals surface area contributed by atoms with Crippen molar-refractivity contribution in [3.63, 3.8) is 0 Å². The summed E-state index contributed by atoms with van der Waals surface area (Å²) in [5.41, 5.74) is -1.29. The number of hydrogen-bond acceptors (Lipinski definition) is 3. The Bertz CT molecular complexity index is 392. The molecule has 1 rings (SSSR count). The van der Waals surface area contributed by atoms with Crippen LogP contribution in [0.15, 0.2) is 0 Å². The van der Waals surface area contributed by atoms with E-state index >= 15 is 0 Å². The minimum absolute atomic E-state index is 0.0505.